The molecule has 0 aliphatic heterocycles. The Morgan fingerprint density at radius 2 is 0.914 bits per heavy atom. The zero-order valence-corrected chi connectivity index (χ0v) is 20.3. The monoisotopic (exact) mass is 464 g/mol. The van der Waals surface area contributed by atoms with Crippen molar-refractivity contribution in [3.63, 3.8) is 0 Å². The topological polar surface area (TPSA) is 25.8 Å². The summed E-state index contributed by atoms with van der Waals surface area (Å²) in [5.74, 6) is 0. The van der Waals surface area contributed by atoms with Crippen LogP contribution in [-0.4, -0.2) is 18.0 Å². The Labute approximate surface area is 206 Å². The summed E-state index contributed by atoms with van der Waals surface area (Å²) in [6, 6.07) is 48.3. The molecular weight excluding hydrogens is 440 g/mol. The molecule has 0 saturated heterocycles. The molecule has 2 nitrogen and oxygen atoms in total. The third kappa shape index (κ3) is 3.58. The van der Waals surface area contributed by atoms with Gasteiger partial charge in [0.2, 0.25) is 0 Å². The molecule has 166 valence electrons. The molecule has 0 bridgehead atoms. The Hall–Kier alpha value is -4.34. The zero-order chi connectivity index (χ0) is 23.5. The lowest BCUT2D eigenvalue weighted by Gasteiger charge is -2.36. The minimum atomic E-state index is -2.66. The van der Waals surface area contributed by atoms with Gasteiger partial charge in [-0.1, -0.05) is 115 Å². The van der Waals surface area contributed by atoms with Gasteiger partial charge in [-0.25, -0.2) is 9.97 Å². The summed E-state index contributed by atoms with van der Waals surface area (Å²) in [5.41, 5.74) is 3.17. The van der Waals surface area contributed by atoms with Crippen molar-refractivity contribution >= 4 is 39.9 Å². The van der Waals surface area contributed by atoms with Crippen molar-refractivity contribution in [1.82, 2.24) is 9.97 Å². The van der Waals surface area contributed by atoms with Crippen LogP contribution in [0.25, 0.3) is 22.2 Å². The quantitative estimate of drug-likeness (QED) is 0.274. The number of benzene rings is 4. The molecule has 2 heterocycles. The normalized spacial score (nSPS) is 11.4. The molecule has 0 unspecified atom stereocenters. The molecule has 0 atom stereocenters. The lowest BCUT2D eigenvalue weighted by atomic mass is 10.0. The Balaban J connectivity index is 1.77. The molecule has 0 fully saturated rings. The van der Waals surface area contributed by atoms with Crippen LogP contribution in [-0.2, 0) is 0 Å². The van der Waals surface area contributed by atoms with E-state index in [1.54, 1.807) is 0 Å². The van der Waals surface area contributed by atoms with Crippen molar-refractivity contribution in [2.45, 2.75) is 0 Å². The first kappa shape index (κ1) is 21.2. The van der Waals surface area contributed by atoms with E-state index >= 15 is 0 Å². The second kappa shape index (κ2) is 9.13. The van der Waals surface area contributed by atoms with Crippen molar-refractivity contribution in [1.29, 1.82) is 0 Å². The predicted molar refractivity (Wildman–Crippen MR) is 149 cm³/mol. The molecule has 0 N–H and O–H groups in total. The lowest BCUT2D eigenvalue weighted by Crippen LogP contribution is -2.75. The summed E-state index contributed by atoms with van der Waals surface area (Å²) in [7, 11) is -2.66. The average Bonchev–Trinajstić information content (AvgIpc) is 2.95. The number of rotatable bonds is 5. The lowest BCUT2D eigenvalue weighted by molar-refractivity contribution is 1.29. The van der Waals surface area contributed by atoms with Crippen LogP contribution in [0, 0.1) is 0 Å². The molecule has 0 radical (unpaired) electrons. The van der Waals surface area contributed by atoms with Gasteiger partial charge in [0.15, 0.2) is 13.7 Å². The average molecular weight is 465 g/mol. The standard InChI is InChI=1S/C32H24N2Si/c1-4-13-25(14-5-1)35(26-15-6-2-7-16-26,27-17-8-3-9-18-27)31-21-11-10-19-29(31)28-22-24-34-32-30(28)20-12-23-33-32/h1-24H. The van der Waals surface area contributed by atoms with Crippen LogP contribution in [0.15, 0.2) is 146 Å². The highest BCUT2D eigenvalue weighted by Gasteiger charge is 2.42. The van der Waals surface area contributed by atoms with Crippen LogP contribution < -0.4 is 20.7 Å². The van der Waals surface area contributed by atoms with E-state index in [0.29, 0.717) is 0 Å². The smallest absolute Gasteiger partial charge is 0.180 e. The van der Waals surface area contributed by atoms with Gasteiger partial charge in [0.1, 0.15) is 0 Å². The molecule has 35 heavy (non-hydrogen) atoms. The highest BCUT2D eigenvalue weighted by molar-refractivity contribution is 7.20. The van der Waals surface area contributed by atoms with E-state index in [1.807, 2.05) is 18.5 Å². The molecule has 0 aliphatic carbocycles. The third-order valence-electron chi connectivity index (χ3n) is 6.76. The summed E-state index contributed by atoms with van der Waals surface area (Å²) >= 11 is 0. The predicted octanol–water partition coefficient (Wildman–Crippen LogP) is 4.67. The fraction of sp³-hybridized carbons (Fsp3) is 0. The number of fused-ring (bicyclic) bond motifs is 1. The SMILES string of the molecule is c1ccc([Si](c2ccccc2)(c2ccccc2)c2ccccc2-c2ccnc3ncccc23)cc1. The number of aromatic nitrogens is 2. The van der Waals surface area contributed by atoms with Gasteiger partial charge in [0, 0.05) is 17.8 Å². The van der Waals surface area contributed by atoms with Gasteiger partial charge in [0.05, 0.1) is 0 Å². The van der Waals surface area contributed by atoms with Gasteiger partial charge >= 0.3 is 0 Å². The minimum Gasteiger partial charge on any atom is -0.237 e. The van der Waals surface area contributed by atoms with Crippen LogP contribution in [0.3, 0.4) is 0 Å². The van der Waals surface area contributed by atoms with Gasteiger partial charge < -0.3 is 0 Å². The fourth-order valence-electron chi connectivity index (χ4n) is 5.29. The van der Waals surface area contributed by atoms with Crippen LogP contribution in [0.4, 0.5) is 0 Å². The number of hydrogen-bond donors (Lipinski definition) is 0. The molecule has 4 aromatic carbocycles. The zero-order valence-electron chi connectivity index (χ0n) is 19.3. The van der Waals surface area contributed by atoms with Gasteiger partial charge in [-0.3, -0.25) is 0 Å². The molecule has 0 saturated carbocycles. The first-order valence-electron chi connectivity index (χ1n) is 11.9. The van der Waals surface area contributed by atoms with Crippen LogP contribution in [0.5, 0.6) is 0 Å². The first-order chi connectivity index (χ1) is 17.4. The van der Waals surface area contributed by atoms with Crippen LogP contribution >= 0.6 is 0 Å². The third-order valence-corrected chi connectivity index (χ3v) is 11.6. The van der Waals surface area contributed by atoms with Crippen molar-refractivity contribution < 1.29 is 0 Å². The Morgan fingerprint density at radius 1 is 0.400 bits per heavy atom. The minimum absolute atomic E-state index is 0.770. The van der Waals surface area contributed by atoms with Gasteiger partial charge in [-0.2, -0.15) is 0 Å². The molecule has 6 rings (SSSR count). The fourth-order valence-corrected chi connectivity index (χ4v) is 10.3. The molecule has 0 spiro atoms. The van der Waals surface area contributed by atoms with Gasteiger partial charge in [-0.15, -0.1) is 0 Å². The largest absolute Gasteiger partial charge is 0.237 e. The van der Waals surface area contributed by atoms with E-state index in [1.165, 1.54) is 31.9 Å². The van der Waals surface area contributed by atoms with Crippen molar-refractivity contribution in [3.8, 4) is 11.1 Å². The summed E-state index contributed by atoms with van der Waals surface area (Å²) in [6.07, 6.45) is 3.68. The van der Waals surface area contributed by atoms with E-state index in [-0.39, 0.29) is 0 Å². The van der Waals surface area contributed by atoms with Crippen molar-refractivity contribution in [2.24, 2.45) is 0 Å². The van der Waals surface area contributed by atoms with Gasteiger partial charge in [-0.05, 0) is 50.1 Å². The second-order valence-electron chi connectivity index (χ2n) is 8.63. The van der Waals surface area contributed by atoms with Gasteiger partial charge in [0.25, 0.3) is 0 Å². The number of nitrogens with zero attached hydrogens (tertiary/aromatic N) is 2. The Morgan fingerprint density at radius 3 is 1.51 bits per heavy atom. The van der Waals surface area contributed by atoms with E-state index in [4.69, 9.17) is 0 Å². The highest BCUT2D eigenvalue weighted by Crippen LogP contribution is 2.27. The Bertz CT molecular complexity index is 1480. The summed E-state index contributed by atoms with van der Waals surface area (Å²) in [5, 5.41) is 6.52. The molecule has 6 aromatic rings. The second-order valence-corrected chi connectivity index (χ2v) is 12.4. The number of pyridine rings is 2. The molecule has 0 amide bonds. The number of hydrogen-bond acceptors (Lipinski definition) is 2. The highest BCUT2D eigenvalue weighted by atomic mass is 28.3. The van der Waals surface area contributed by atoms with Crippen molar-refractivity contribution in [3.05, 3.63) is 146 Å². The van der Waals surface area contributed by atoms with Crippen molar-refractivity contribution in [2.75, 3.05) is 0 Å². The van der Waals surface area contributed by atoms with E-state index in [2.05, 4.69) is 137 Å². The Kier molecular flexibility index (Phi) is 5.53. The van der Waals surface area contributed by atoms with E-state index in [9.17, 15) is 0 Å². The summed E-state index contributed by atoms with van der Waals surface area (Å²) < 4.78 is 0. The summed E-state index contributed by atoms with van der Waals surface area (Å²) in [6.45, 7) is 0. The molecule has 0 aliphatic rings. The molecule has 2 aromatic heterocycles. The van der Waals surface area contributed by atoms with E-state index < -0.39 is 8.07 Å². The molecule has 3 heteroatoms. The molecular formula is C32H24N2Si. The summed E-state index contributed by atoms with van der Waals surface area (Å²) in [4.78, 5) is 9.07. The van der Waals surface area contributed by atoms with Crippen LogP contribution in [0.2, 0.25) is 0 Å². The maximum Gasteiger partial charge on any atom is 0.180 e. The first-order valence-corrected chi connectivity index (χ1v) is 13.9. The van der Waals surface area contributed by atoms with E-state index in [0.717, 1.165) is 11.0 Å². The maximum absolute atomic E-state index is 4.53. The maximum atomic E-state index is 4.53. The van der Waals surface area contributed by atoms with Crippen LogP contribution in [0.1, 0.15) is 0 Å².